The van der Waals surface area contributed by atoms with E-state index in [1.165, 1.54) is 13.0 Å². The van der Waals surface area contributed by atoms with Crippen molar-refractivity contribution in [2.45, 2.75) is 26.4 Å². The number of aryl methyl sites for hydroxylation is 1. The molecule has 2 aromatic rings. The van der Waals surface area contributed by atoms with Crippen LogP contribution in [0.15, 0.2) is 42.5 Å². The van der Waals surface area contributed by atoms with E-state index in [1.807, 2.05) is 31.2 Å². The van der Waals surface area contributed by atoms with E-state index >= 15 is 0 Å². The molecule has 1 N–H and O–H groups in total. The van der Waals surface area contributed by atoms with Crippen molar-refractivity contribution < 1.29 is 14.3 Å². The fraction of sp³-hybridized carbons (Fsp3) is 0.222. The topological polar surface area (TPSA) is 55.4 Å². The first-order valence-corrected chi connectivity index (χ1v) is 8.11. The molecule has 2 aromatic carbocycles. The molecular weight excluding hydrogens is 349 g/mol. The molecule has 0 unspecified atom stereocenters. The number of carbonyl (C=O) groups excluding carboxylic acids is 2. The van der Waals surface area contributed by atoms with Crippen LogP contribution >= 0.6 is 23.2 Å². The lowest BCUT2D eigenvalue weighted by molar-refractivity contribution is -0.152. The average molecular weight is 366 g/mol. The minimum absolute atomic E-state index is 0.107. The molecule has 0 fully saturated rings. The van der Waals surface area contributed by atoms with Gasteiger partial charge >= 0.3 is 5.97 Å². The van der Waals surface area contributed by atoms with Crippen molar-refractivity contribution in [3.05, 3.63) is 63.6 Å². The number of rotatable bonds is 5. The molecule has 6 heteroatoms. The van der Waals surface area contributed by atoms with Crippen molar-refractivity contribution in [3.8, 4) is 0 Å². The Bertz CT molecular complexity index is 744. The molecule has 0 radical (unpaired) electrons. The molecule has 0 aromatic heterocycles. The molecule has 126 valence electrons. The third kappa shape index (κ3) is 5.25. The van der Waals surface area contributed by atoms with Crippen LogP contribution in [0.1, 0.15) is 18.1 Å². The van der Waals surface area contributed by atoms with Gasteiger partial charge in [-0.25, -0.2) is 0 Å². The van der Waals surface area contributed by atoms with Crippen LogP contribution in [0.5, 0.6) is 0 Å². The van der Waals surface area contributed by atoms with Crippen LogP contribution in [0.25, 0.3) is 0 Å². The molecule has 0 spiro atoms. The molecule has 0 aliphatic rings. The van der Waals surface area contributed by atoms with Gasteiger partial charge in [0.05, 0.1) is 17.1 Å². The quantitative estimate of drug-likeness (QED) is 0.798. The first-order chi connectivity index (χ1) is 11.3. The van der Waals surface area contributed by atoms with Crippen LogP contribution in [0.3, 0.4) is 0 Å². The normalized spacial score (nSPS) is 11.7. The average Bonchev–Trinajstić information content (AvgIpc) is 2.53. The Morgan fingerprint density at radius 1 is 1.12 bits per heavy atom. The van der Waals surface area contributed by atoms with Gasteiger partial charge < -0.3 is 10.1 Å². The molecule has 2 rings (SSSR count). The van der Waals surface area contributed by atoms with E-state index in [-0.39, 0.29) is 6.42 Å². The van der Waals surface area contributed by atoms with Crippen LogP contribution in [-0.2, 0) is 20.7 Å². The van der Waals surface area contributed by atoms with Gasteiger partial charge in [0.25, 0.3) is 5.91 Å². The molecule has 0 saturated carbocycles. The number of amides is 1. The summed E-state index contributed by atoms with van der Waals surface area (Å²) >= 11 is 11.9. The van der Waals surface area contributed by atoms with E-state index in [2.05, 4.69) is 5.32 Å². The zero-order valence-corrected chi connectivity index (χ0v) is 14.8. The molecule has 4 nitrogen and oxygen atoms in total. The van der Waals surface area contributed by atoms with Gasteiger partial charge in [-0.1, -0.05) is 53.0 Å². The highest BCUT2D eigenvalue weighted by Gasteiger charge is 2.19. The number of ether oxygens (including phenoxy) is 1. The number of benzene rings is 2. The van der Waals surface area contributed by atoms with E-state index in [1.54, 1.807) is 12.1 Å². The predicted octanol–water partition coefficient (Wildman–Crippen LogP) is 4.41. The van der Waals surface area contributed by atoms with Gasteiger partial charge in [-0.15, -0.1) is 0 Å². The lowest BCUT2D eigenvalue weighted by Gasteiger charge is -2.14. The third-order valence-corrected chi connectivity index (χ3v) is 3.90. The SMILES string of the molecule is Cc1ccc(CC(=O)O[C@H](C)C(=O)Nc2cc(Cl)ccc2Cl)cc1. The molecule has 1 atom stereocenters. The molecule has 0 aliphatic heterocycles. The molecule has 1 amide bonds. The zero-order chi connectivity index (χ0) is 17.7. The lowest BCUT2D eigenvalue weighted by atomic mass is 10.1. The number of carbonyl (C=O) groups is 2. The zero-order valence-electron chi connectivity index (χ0n) is 13.3. The third-order valence-electron chi connectivity index (χ3n) is 3.33. The first kappa shape index (κ1) is 18.3. The monoisotopic (exact) mass is 365 g/mol. The number of hydrogen-bond donors (Lipinski definition) is 1. The number of esters is 1. The van der Waals surface area contributed by atoms with E-state index in [0.29, 0.717) is 15.7 Å². The summed E-state index contributed by atoms with van der Waals surface area (Å²) in [5.41, 5.74) is 2.31. The van der Waals surface area contributed by atoms with Crippen molar-refractivity contribution in [1.29, 1.82) is 0 Å². The number of nitrogens with one attached hydrogen (secondary N) is 1. The largest absolute Gasteiger partial charge is 0.452 e. The van der Waals surface area contributed by atoms with Gasteiger partial charge in [-0.3, -0.25) is 9.59 Å². The van der Waals surface area contributed by atoms with Crippen LogP contribution in [0, 0.1) is 6.92 Å². The van der Waals surface area contributed by atoms with Crippen molar-refractivity contribution in [1.82, 2.24) is 0 Å². The fourth-order valence-corrected chi connectivity index (χ4v) is 2.33. The summed E-state index contributed by atoms with van der Waals surface area (Å²) < 4.78 is 5.16. The summed E-state index contributed by atoms with van der Waals surface area (Å²) in [4.78, 5) is 24.1. The summed E-state index contributed by atoms with van der Waals surface area (Å²) in [6.07, 6.45) is -0.839. The maximum absolute atomic E-state index is 12.1. The lowest BCUT2D eigenvalue weighted by Crippen LogP contribution is -2.30. The second-order valence-electron chi connectivity index (χ2n) is 5.41. The van der Waals surface area contributed by atoms with Crippen molar-refractivity contribution in [3.63, 3.8) is 0 Å². The Kier molecular flexibility index (Phi) is 6.23. The van der Waals surface area contributed by atoms with Gasteiger partial charge in [0.1, 0.15) is 0 Å². The van der Waals surface area contributed by atoms with Crippen molar-refractivity contribution >= 4 is 40.8 Å². The van der Waals surface area contributed by atoms with Gasteiger partial charge in [-0.2, -0.15) is 0 Å². The summed E-state index contributed by atoms with van der Waals surface area (Å²) in [5.74, 6) is -0.949. The maximum atomic E-state index is 12.1. The smallest absolute Gasteiger partial charge is 0.311 e. The number of anilines is 1. The standard InChI is InChI=1S/C18H17Cl2NO3/c1-11-3-5-13(6-4-11)9-17(22)24-12(2)18(23)21-16-10-14(19)7-8-15(16)20/h3-8,10,12H,9H2,1-2H3,(H,21,23)/t12-/m1/s1. The summed E-state index contributed by atoms with van der Waals surface area (Å²) in [5, 5.41) is 3.39. The second-order valence-corrected chi connectivity index (χ2v) is 6.25. The van der Waals surface area contributed by atoms with Crippen molar-refractivity contribution in [2.24, 2.45) is 0 Å². The molecule has 0 bridgehead atoms. The van der Waals surface area contributed by atoms with E-state index < -0.39 is 18.0 Å². The summed E-state index contributed by atoms with van der Waals surface area (Å²) in [6.45, 7) is 3.47. The molecule has 0 heterocycles. The number of halogens is 2. The van der Waals surface area contributed by atoms with Crippen LogP contribution in [0.2, 0.25) is 10.0 Å². The fourth-order valence-electron chi connectivity index (χ4n) is 1.99. The van der Waals surface area contributed by atoms with E-state index in [0.717, 1.165) is 11.1 Å². The second kappa shape index (κ2) is 8.18. The van der Waals surface area contributed by atoms with Gasteiger partial charge in [0.2, 0.25) is 0 Å². The Hall–Kier alpha value is -2.04. The van der Waals surface area contributed by atoms with Gasteiger partial charge in [-0.05, 0) is 37.6 Å². The summed E-state index contributed by atoms with van der Waals surface area (Å²) in [7, 11) is 0. The van der Waals surface area contributed by atoms with Crippen LogP contribution in [-0.4, -0.2) is 18.0 Å². The highest BCUT2D eigenvalue weighted by Crippen LogP contribution is 2.25. The van der Waals surface area contributed by atoms with Gasteiger partial charge in [0, 0.05) is 5.02 Å². The predicted molar refractivity (Wildman–Crippen MR) is 95.5 cm³/mol. The minimum atomic E-state index is -0.946. The van der Waals surface area contributed by atoms with Crippen LogP contribution < -0.4 is 5.32 Å². The Balaban J connectivity index is 1.92. The maximum Gasteiger partial charge on any atom is 0.311 e. The number of hydrogen-bond acceptors (Lipinski definition) is 3. The summed E-state index contributed by atoms with van der Waals surface area (Å²) in [6, 6.07) is 12.3. The highest BCUT2D eigenvalue weighted by atomic mass is 35.5. The van der Waals surface area contributed by atoms with Crippen molar-refractivity contribution in [2.75, 3.05) is 5.32 Å². The molecule has 0 aliphatic carbocycles. The van der Waals surface area contributed by atoms with E-state index in [9.17, 15) is 9.59 Å². The minimum Gasteiger partial charge on any atom is -0.452 e. The Morgan fingerprint density at radius 2 is 1.79 bits per heavy atom. The molecular formula is C18H17Cl2NO3. The first-order valence-electron chi connectivity index (χ1n) is 7.36. The highest BCUT2D eigenvalue weighted by molar-refractivity contribution is 6.35. The Labute approximate surface area is 150 Å². The molecule has 0 saturated heterocycles. The Morgan fingerprint density at radius 3 is 2.46 bits per heavy atom. The van der Waals surface area contributed by atoms with Gasteiger partial charge in [0.15, 0.2) is 6.10 Å². The van der Waals surface area contributed by atoms with Crippen LogP contribution in [0.4, 0.5) is 5.69 Å². The molecule has 24 heavy (non-hydrogen) atoms. The van der Waals surface area contributed by atoms with E-state index in [4.69, 9.17) is 27.9 Å².